The molecule has 11 heavy (non-hydrogen) atoms. The molecular weight excluding hydrogens is 136 g/mol. The molecular formula is C9H8N2. The second kappa shape index (κ2) is 2.23. The van der Waals surface area contributed by atoms with Gasteiger partial charge < -0.3 is 0 Å². The normalized spacial score (nSPS) is 10.2. The third kappa shape index (κ3) is 0.835. The summed E-state index contributed by atoms with van der Waals surface area (Å²) in [6.45, 7) is 3.70. The molecule has 2 aromatic heterocycles. The molecule has 0 fully saturated rings. The van der Waals surface area contributed by atoms with E-state index in [2.05, 4.69) is 11.7 Å². The Kier molecular flexibility index (Phi) is 1.25. The molecule has 0 aromatic carbocycles. The largest absolute Gasteiger partial charge is 0.234 e. The molecule has 0 amide bonds. The van der Waals surface area contributed by atoms with Crippen molar-refractivity contribution in [2.24, 2.45) is 0 Å². The quantitative estimate of drug-likeness (QED) is 0.598. The highest BCUT2D eigenvalue weighted by Gasteiger charge is 1.94. The Morgan fingerprint density at radius 1 is 1.36 bits per heavy atom. The van der Waals surface area contributed by atoms with E-state index in [1.165, 1.54) is 0 Å². The van der Waals surface area contributed by atoms with Gasteiger partial charge in [0.15, 0.2) is 0 Å². The lowest BCUT2D eigenvalue weighted by molar-refractivity contribution is 0.948. The molecule has 0 aliphatic heterocycles. The summed E-state index contributed by atoms with van der Waals surface area (Å²) in [7, 11) is 0. The van der Waals surface area contributed by atoms with Crippen molar-refractivity contribution in [1.82, 2.24) is 9.61 Å². The molecule has 0 radical (unpaired) electrons. The molecule has 0 unspecified atom stereocenters. The van der Waals surface area contributed by atoms with E-state index in [0.717, 1.165) is 11.2 Å². The highest BCUT2D eigenvalue weighted by molar-refractivity contribution is 5.53. The number of hydrogen-bond donors (Lipinski definition) is 0. The standard InChI is InChI=1S/C9H8N2/c1-2-8-4-3-5-9-6-7-10-11(8)9/h2-7H,1H2. The molecule has 0 atom stereocenters. The molecule has 54 valence electrons. The van der Waals surface area contributed by atoms with Gasteiger partial charge in [-0.1, -0.05) is 12.6 Å². The monoisotopic (exact) mass is 144 g/mol. The summed E-state index contributed by atoms with van der Waals surface area (Å²) in [4.78, 5) is 0. The summed E-state index contributed by atoms with van der Waals surface area (Å²) in [6.07, 6.45) is 3.57. The molecule has 2 heterocycles. The molecule has 0 aliphatic rings. The average molecular weight is 144 g/mol. The van der Waals surface area contributed by atoms with Gasteiger partial charge in [0.1, 0.15) is 0 Å². The molecule has 0 spiro atoms. The van der Waals surface area contributed by atoms with E-state index in [1.807, 2.05) is 28.8 Å². The first-order valence-corrected chi connectivity index (χ1v) is 3.47. The molecule has 0 saturated heterocycles. The second-order valence-electron chi connectivity index (χ2n) is 2.32. The van der Waals surface area contributed by atoms with Crippen LogP contribution in [0.25, 0.3) is 11.6 Å². The number of pyridine rings is 1. The van der Waals surface area contributed by atoms with Crippen molar-refractivity contribution in [2.75, 3.05) is 0 Å². The SMILES string of the molecule is C=Cc1cccc2ccnn12. The molecule has 0 bridgehead atoms. The van der Waals surface area contributed by atoms with Crippen molar-refractivity contribution in [3.05, 3.63) is 42.7 Å². The van der Waals surface area contributed by atoms with Crippen LogP contribution in [0.2, 0.25) is 0 Å². The van der Waals surface area contributed by atoms with Gasteiger partial charge in [0, 0.05) is 0 Å². The maximum absolute atomic E-state index is 4.13. The number of fused-ring (bicyclic) bond motifs is 1. The van der Waals surface area contributed by atoms with Crippen LogP contribution in [-0.4, -0.2) is 9.61 Å². The highest BCUT2D eigenvalue weighted by atomic mass is 15.2. The van der Waals surface area contributed by atoms with Crippen LogP contribution in [0.3, 0.4) is 0 Å². The van der Waals surface area contributed by atoms with Gasteiger partial charge in [-0.2, -0.15) is 5.10 Å². The van der Waals surface area contributed by atoms with Crippen molar-refractivity contribution < 1.29 is 0 Å². The minimum absolute atomic E-state index is 1.02. The Morgan fingerprint density at radius 3 is 3.09 bits per heavy atom. The summed E-state index contributed by atoms with van der Waals surface area (Å²) >= 11 is 0. The fourth-order valence-electron chi connectivity index (χ4n) is 1.13. The van der Waals surface area contributed by atoms with Crippen LogP contribution < -0.4 is 0 Å². The predicted octanol–water partition coefficient (Wildman–Crippen LogP) is 1.98. The van der Waals surface area contributed by atoms with Crippen LogP contribution in [0, 0.1) is 0 Å². The topological polar surface area (TPSA) is 17.3 Å². The third-order valence-corrected chi connectivity index (χ3v) is 1.66. The summed E-state index contributed by atoms with van der Waals surface area (Å²) in [5.74, 6) is 0. The van der Waals surface area contributed by atoms with E-state index >= 15 is 0 Å². The predicted molar refractivity (Wildman–Crippen MR) is 45.3 cm³/mol. The smallest absolute Gasteiger partial charge is 0.0668 e. The van der Waals surface area contributed by atoms with Crippen LogP contribution in [0.1, 0.15) is 5.69 Å². The third-order valence-electron chi connectivity index (χ3n) is 1.66. The van der Waals surface area contributed by atoms with Crippen LogP contribution in [0.4, 0.5) is 0 Å². The average Bonchev–Trinajstić information content (AvgIpc) is 2.50. The van der Waals surface area contributed by atoms with E-state index in [4.69, 9.17) is 0 Å². The first kappa shape index (κ1) is 6.16. The Balaban J connectivity index is 2.88. The number of rotatable bonds is 1. The maximum atomic E-state index is 4.13. The molecule has 0 N–H and O–H groups in total. The van der Waals surface area contributed by atoms with E-state index in [9.17, 15) is 0 Å². The Morgan fingerprint density at radius 2 is 2.27 bits per heavy atom. The zero-order valence-electron chi connectivity index (χ0n) is 6.07. The van der Waals surface area contributed by atoms with Crippen LogP contribution >= 0.6 is 0 Å². The number of hydrogen-bond acceptors (Lipinski definition) is 1. The lowest BCUT2D eigenvalue weighted by Gasteiger charge is -1.96. The Bertz CT molecular complexity index is 387. The van der Waals surface area contributed by atoms with Gasteiger partial charge in [0.05, 0.1) is 17.4 Å². The van der Waals surface area contributed by atoms with Gasteiger partial charge in [0.2, 0.25) is 0 Å². The van der Waals surface area contributed by atoms with E-state index < -0.39 is 0 Å². The summed E-state index contributed by atoms with van der Waals surface area (Å²) in [5, 5.41) is 4.13. The lowest BCUT2D eigenvalue weighted by atomic mass is 10.3. The fourth-order valence-corrected chi connectivity index (χ4v) is 1.13. The fraction of sp³-hybridized carbons (Fsp3) is 0. The van der Waals surface area contributed by atoms with Gasteiger partial charge in [-0.15, -0.1) is 0 Å². The van der Waals surface area contributed by atoms with Gasteiger partial charge >= 0.3 is 0 Å². The maximum Gasteiger partial charge on any atom is 0.0668 e. The van der Waals surface area contributed by atoms with Crippen molar-refractivity contribution in [1.29, 1.82) is 0 Å². The van der Waals surface area contributed by atoms with Gasteiger partial charge in [0.25, 0.3) is 0 Å². The Labute approximate surface area is 64.8 Å². The van der Waals surface area contributed by atoms with Gasteiger partial charge in [-0.25, -0.2) is 4.52 Å². The first-order chi connectivity index (χ1) is 5.42. The second-order valence-corrected chi connectivity index (χ2v) is 2.32. The summed E-state index contributed by atoms with van der Waals surface area (Å²) < 4.78 is 1.85. The molecule has 0 aliphatic carbocycles. The minimum Gasteiger partial charge on any atom is -0.234 e. The Hall–Kier alpha value is -1.57. The van der Waals surface area contributed by atoms with Gasteiger partial charge in [-0.05, 0) is 24.3 Å². The number of nitrogens with zero attached hydrogens (tertiary/aromatic N) is 2. The molecule has 0 saturated carbocycles. The van der Waals surface area contributed by atoms with Crippen molar-refractivity contribution in [3.63, 3.8) is 0 Å². The van der Waals surface area contributed by atoms with Crippen molar-refractivity contribution in [2.45, 2.75) is 0 Å². The molecule has 2 nitrogen and oxygen atoms in total. The zero-order chi connectivity index (χ0) is 7.68. The van der Waals surface area contributed by atoms with E-state index in [0.29, 0.717) is 0 Å². The van der Waals surface area contributed by atoms with E-state index in [-0.39, 0.29) is 0 Å². The van der Waals surface area contributed by atoms with E-state index in [1.54, 1.807) is 12.3 Å². The molecule has 2 rings (SSSR count). The minimum atomic E-state index is 1.02. The summed E-state index contributed by atoms with van der Waals surface area (Å²) in [6, 6.07) is 7.95. The highest BCUT2D eigenvalue weighted by Crippen LogP contribution is 2.06. The van der Waals surface area contributed by atoms with Crippen molar-refractivity contribution in [3.8, 4) is 0 Å². The first-order valence-electron chi connectivity index (χ1n) is 3.47. The number of aromatic nitrogens is 2. The van der Waals surface area contributed by atoms with Crippen LogP contribution in [0.15, 0.2) is 37.0 Å². The lowest BCUT2D eigenvalue weighted by Crippen LogP contribution is -1.90. The molecule has 2 aromatic rings. The van der Waals surface area contributed by atoms with Crippen molar-refractivity contribution >= 4 is 11.6 Å². The summed E-state index contributed by atoms with van der Waals surface area (Å²) in [5.41, 5.74) is 2.12. The zero-order valence-corrected chi connectivity index (χ0v) is 6.07. The van der Waals surface area contributed by atoms with Gasteiger partial charge in [-0.3, -0.25) is 0 Å². The van der Waals surface area contributed by atoms with Crippen LogP contribution in [0.5, 0.6) is 0 Å². The molecule has 2 heteroatoms. The van der Waals surface area contributed by atoms with Crippen LogP contribution in [-0.2, 0) is 0 Å².